The monoisotopic (exact) mass is 433 g/mol. The highest BCUT2D eigenvalue weighted by Crippen LogP contribution is 2.28. The number of ether oxygens (including phenoxy) is 1. The van der Waals surface area contributed by atoms with Crippen molar-refractivity contribution in [2.75, 3.05) is 19.7 Å². The van der Waals surface area contributed by atoms with Gasteiger partial charge in [-0.1, -0.05) is 39.4 Å². The fraction of sp³-hybridized carbons (Fsp3) is 0.235. The van der Waals surface area contributed by atoms with Crippen LogP contribution in [0.3, 0.4) is 0 Å². The number of nitrogens with zero attached hydrogens (tertiary/aromatic N) is 3. The second-order valence-corrected chi connectivity index (χ2v) is 7.46. The van der Waals surface area contributed by atoms with Gasteiger partial charge in [-0.25, -0.2) is 14.3 Å². The van der Waals surface area contributed by atoms with Crippen molar-refractivity contribution in [2.24, 2.45) is 0 Å². The van der Waals surface area contributed by atoms with Crippen LogP contribution < -0.4 is 10.6 Å². The Labute approximate surface area is 162 Å². The SMILES string of the molecule is CCOC(=O)C(=C1NCCN1)c1nn2cc(-c3ccc(Br)cc3)nc2s1. The third-order valence-electron chi connectivity index (χ3n) is 3.86. The predicted molar refractivity (Wildman–Crippen MR) is 104 cm³/mol. The van der Waals surface area contributed by atoms with Gasteiger partial charge in [0.1, 0.15) is 11.4 Å². The molecule has 0 saturated carbocycles. The highest BCUT2D eigenvalue weighted by Gasteiger charge is 2.25. The van der Waals surface area contributed by atoms with Crippen LogP contribution in [0.1, 0.15) is 11.9 Å². The summed E-state index contributed by atoms with van der Waals surface area (Å²) in [6.07, 6.45) is 1.86. The molecule has 0 spiro atoms. The molecule has 0 unspecified atom stereocenters. The van der Waals surface area contributed by atoms with Gasteiger partial charge in [0, 0.05) is 23.1 Å². The summed E-state index contributed by atoms with van der Waals surface area (Å²) >= 11 is 4.79. The van der Waals surface area contributed by atoms with Crippen molar-refractivity contribution in [3.8, 4) is 11.3 Å². The van der Waals surface area contributed by atoms with Crippen molar-refractivity contribution in [3.05, 3.63) is 45.8 Å². The average molecular weight is 434 g/mol. The lowest BCUT2D eigenvalue weighted by atomic mass is 10.2. The van der Waals surface area contributed by atoms with Crippen LogP contribution >= 0.6 is 27.3 Å². The lowest BCUT2D eigenvalue weighted by Crippen LogP contribution is -2.19. The largest absolute Gasteiger partial charge is 0.462 e. The first-order chi connectivity index (χ1) is 12.7. The molecule has 134 valence electrons. The molecule has 7 nitrogen and oxygen atoms in total. The van der Waals surface area contributed by atoms with E-state index in [1.54, 1.807) is 11.4 Å². The van der Waals surface area contributed by atoms with E-state index < -0.39 is 5.97 Å². The normalized spacial score (nSPS) is 13.5. The maximum absolute atomic E-state index is 12.4. The zero-order chi connectivity index (χ0) is 18.1. The van der Waals surface area contributed by atoms with E-state index in [4.69, 9.17) is 4.74 Å². The molecule has 3 heterocycles. The first-order valence-electron chi connectivity index (χ1n) is 8.17. The fourth-order valence-electron chi connectivity index (χ4n) is 2.67. The van der Waals surface area contributed by atoms with Crippen molar-refractivity contribution in [1.29, 1.82) is 0 Å². The molecule has 0 atom stereocenters. The number of hydrogen-bond donors (Lipinski definition) is 2. The summed E-state index contributed by atoms with van der Waals surface area (Å²) in [6.45, 7) is 3.61. The summed E-state index contributed by atoms with van der Waals surface area (Å²) in [5, 5.41) is 11.5. The maximum Gasteiger partial charge on any atom is 0.344 e. The van der Waals surface area contributed by atoms with Gasteiger partial charge in [0.05, 0.1) is 18.5 Å². The number of esters is 1. The third kappa shape index (κ3) is 3.19. The molecule has 0 aliphatic carbocycles. The minimum atomic E-state index is -0.394. The predicted octanol–water partition coefficient (Wildman–Crippen LogP) is 2.64. The Hall–Kier alpha value is -2.39. The van der Waals surface area contributed by atoms with Gasteiger partial charge >= 0.3 is 5.97 Å². The van der Waals surface area contributed by atoms with Crippen LogP contribution in [0.4, 0.5) is 0 Å². The van der Waals surface area contributed by atoms with Crippen LogP contribution in [0.5, 0.6) is 0 Å². The molecule has 9 heteroatoms. The molecular formula is C17H16BrN5O2S. The minimum Gasteiger partial charge on any atom is -0.462 e. The van der Waals surface area contributed by atoms with E-state index in [-0.39, 0.29) is 0 Å². The highest BCUT2D eigenvalue weighted by atomic mass is 79.9. The maximum atomic E-state index is 12.4. The Morgan fingerprint density at radius 1 is 1.31 bits per heavy atom. The molecular weight excluding hydrogens is 418 g/mol. The topological polar surface area (TPSA) is 80.5 Å². The Balaban J connectivity index is 1.72. The summed E-state index contributed by atoms with van der Waals surface area (Å²) in [5.41, 5.74) is 2.27. The van der Waals surface area contributed by atoms with Crippen molar-refractivity contribution < 1.29 is 9.53 Å². The molecule has 1 saturated heterocycles. The molecule has 2 aromatic heterocycles. The standard InChI is InChI=1S/C17H16BrN5O2S/c1-2-25-16(24)13(14-19-7-8-20-14)15-22-23-9-12(21-17(23)26-15)10-3-5-11(18)6-4-10/h3-6,9,19-20H,2,7-8H2,1H3. The van der Waals surface area contributed by atoms with E-state index in [1.165, 1.54) is 11.3 Å². The van der Waals surface area contributed by atoms with Gasteiger partial charge in [-0.3, -0.25) is 0 Å². The fourth-order valence-corrected chi connectivity index (χ4v) is 3.86. The van der Waals surface area contributed by atoms with E-state index in [9.17, 15) is 4.79 Å². The average Bonchev–Trinajstić information content (AvgIpc) is 3.33. The Morgan fingerprint density at radius 2 is 2.04 bits per heavy atom. The zero-order valence-electron chi connectivity index (χ0n) is 14.0. The minimum absolute atomic E-state index is 0.311. The number of imidazole rings is 1. The molecule has 2 N–H and O–H groups in total. The number of halogens is 1. The van der Waals surface area contributed by atoms with Gasteiger partial charge in [0.2, 0.25) is 4.96 Å². The zero-order valence-corrected chi connectivity index (χ0v) is 16.4. The second-order valence-electron chi connectivity index (χ2n) is 5.59. The van der Waals surface area contributed by atoms with E-state index in [2.05, 4.69) is 36.6 Å². The molecule has 3 aromatic rings. The van der Waals surface area contributed by atoms with Crippen LogP contribution in [0.15, 0.2) is 40.8 Å². The summed E-state index contributed by atoms with van der Waals surface area (Å²) in [4.78, 5) is 17.8. The van der Waals surface area contributed by atoms with Gasteiger partial charge in [-0.05, 0) is 19.1 Å². The van der Waals surface area contributed by atoms with E-state index in [0.29, 0.717) is 23.0 Å². The number of benzene rings is 1. The molecule has 1 aliphatic heterocycles. The molecule has 1 aromatic carbocycles. The first-order valence-corrected chi connectivity index (χ1v) is 9.78. The molecule has 0 radical (unpaired) electrons. The number of carbonyl (C=O) groups is 1. The second kappa shape index (κ2) is 7.08. The van der Waals surface area contributed by atoms with Crippen molar-refractivity contribution in [1.82, 2.24) is 25.2 Å². The number of hydrogen-bond acceptors (Lipinski definition) is 7. The van der Waals surface area contributed by atoms with E-state index in [0.717, 1.165) is 33.8 Å². The smallest absolute Gasteiger partial charge is 0.344 e. The van der Waals surface area contributed by atoms with Crippen molar-refractivity contribution >= 4 is 43.8 Å². The molecule has 1 aliphatic rings. The third-order valence-corrected chi connectivity index (χ3v) is 5.32. The quantitative estimate of drug-likeness (QED) is 0.486. The van der Waals surface area contributed by atoms with Gasteiger partial charge in [-0.15, -0.1) is 0 Å². The summed E-state index contributed by atoms with van der Waals surface area (Å²) < 4.78 is 7.92. The first kappa shape index (κ1) is 17.0. The molecule has 0 amide bonds. The lowest BCUT2D eigenvalue weighted by Gasteiger charge is -2.08. The van der Waals surface area contributed by atoms with E-state index in [1.807, 2.05) is 30.5 Å². The van der Waals surface area contributed by atoms with Crippen LogP contribution in [-0.4, -0.2) is 40.3 Å². The Morgan fingerprint density at radius 3 is 2.69 bits per heavy atom. The van der Waals surface area contributed by atoms with Crippen molar-refractivity contribution in [3.63, 3.8) is 0 Å². The van der Waals surface area contributed by atoms with Crippen LogP contribution in [0, 0.1) is 0 Å². The van der Waals surface area contributed by atoms with E-state index >= 15 is 0 Å². The van der Waals surface area contributed by atoms with Crippen LogP contribution in [0.25, 0.3) is 21.8 Å². The Bertz CT molecular complexity index is 953. The van der Waals surface area contributed by atoms with Gasteiger partial charge < -0.3 is 15.4 Å². The Kier molecular flexibility index (Phi) is 4.64. The molecule has 26 heavy (non-hydrogen) atoms. The number of rotatable bonds is 4. The van der Waals surface area contributed by atoms with Gasteiger partial charge in [-0.2, -0.15) is 5.10 Å². The highest BCUT2D eigenvalue weighted by molar-refractivity contribution is 9.10. The van der Waals surface area contributed by atoms with Gasteiger partial charge in [0.25, 0.3) is 0 Å². The molecule has 1 fully saturated rings. The number of carbonyl (C=O) groups excluding carboxylic acids is 1. The summed E-state index contributed by atoms with van der Waals surface area (Å²) in [5.74, 6) is 0.267. The summed E-state index contributed by atoms with van der Waals surface area (Å²) in [6, 6.07) is 7.94. The number of aromatic nitrogens is 3. The lowest BCUT2D eigenvalue weighted by molar-refractivity contribution is -0.136. The molecule has 4 rings (SSSR count). The van der Waals surface area contributed by atoms with Gasteiger partial charge in [0.15, 0.2) is 5.01 Å². The number of nitrogens with one attached hydrogen (secondary N) is 2. The van der Waals surface area contributed by atoms with Crippen molar-refractivity contribution in [2.45, 2.75) is 6.92 Å². The molecule has 0 bridgehead atoms. The van der Waals surface area contributed by atoms with Crippen LogP contribution in [-0.2, 0) is 9.53 Å². The van der Waals surface area contributed by atoms with Crippen LogP contribution in [0.2, 0.25) is 0 Å². The summed E-state index contributed by atoms with van der Waals surface area (Å²) in [7, 11) is 0. The number of fused-ring (bicyclic) bond motifs is 1.